The summed E-state index contributed by atoms with van der Waals surface area (Å²) in [5, 5.41) is 3.71. The van der Waals surface area contributed by atoms with E-state index in [1.165, 1.54) is 7.11 Å². The molecule has 1 saturated heterocycles. The van der Waals surface area contributed by atoms with E-state index in [0.717, 1.165) is 32.7 Å². The minimum atomic E-state index is -0.736. The molecule has 2 N–H and O–H groups in total. The fourth-order valence-electron chi connectivity index (χ4n) is 4.92. The summed E-state index contributed by atoms with van der Waals surface area (Å²) in [6, 6.07) is 15.0. The number of imide groups is 1. The SMILES string of the molecule is COC(=O)c1ccc(-n2c(C)cc(C(=O)CN3C(=O)N[C@H](Cc4c[nH]c5ccccc45)C3=O)c2C)cc1. The van der Waals surface area contributed by atoms with E-state index in [-0.39, 0.29) is 12.3 Å². The number of fused-ring (bicyclic) bond motifs is 1. The number of Topliss-reactive ketones (excluding diaryl/α,β-unsaturated/α-hetero) is 1. The smallest absolute Gasteiger partial charge is 0.337 e. The van der Waals surface area contributed by atoms with Crippen molar-refractivity contribution in [2.45, 2.75) is 26.3 Å². The van der Waals surface area contributed by atoms with Gasteiger partial charge in [-0.25, -0.2) is 9.59 Å². The molecule has 0 unspecified atom stereocenters. The zero-order chi connectivity index (χ0) is 26.3. The van der Waals surface area contributed by atoms with Crippen molar-refractivity contribution in [1.29, 1.82) is 0 Å². The van der Waals surface area contributed by atoms with Gasteiger partial charge in [0.1, 0.15) is 6.04 Å². The van der Waals surface area contributed by atoms with Gasteiger partial charge in [-0.15, -0.1) is 0 Å². The zero-order valence-corrected chi connectivity index (χ0v) is 20.7. The van der Waals surface area contributed by atoms with Gasteiger partial charge in [-0.3, -0.25) is 14.5 Å². The number of ether oxygens (including phenoxy) is 1. The highest BCUT2D eigenvalue weighted by molar-refractivity contribution is 6.10. The van der Waals surface area contributed by atoms with Crippen LogP contribution >= 0.6 is 0 Å². The molecule has 3 amide bonds. The van der Waals surface area contributed by atoms with Gasteiger partial charge in [0.25, 0.3) is 5.91 Å². The van der Waals surface area contributed by atoms with E-state index in [1.807, 2.05) is 42.0 Å². The average Bonchev–Trinajstić information content (AvgIpc) is 3.53. The predicted molar refractivity (Wildman–Crippen MR) is 137 cm³/mol. The summed E-state index contributed by atoms with van der Waals surface area (Å²) >= 11 is 0. The Morgan fingerprint density at radius 3 is 2.49 bits per heavy atom. The van der Waals surface area contributed by atoms with E-state index in [9.17, 15) is 19.2 Å². The van der Waals surface area contributed by atoms with E-state index < -0.39 is 23.9 Å². The number of esters is 1. The van der Waals surface area contributed by atoms with Gasteiger partial charge < -0.3 is 19.6 Å². The Balaban J connectivity index is 1.32. The van der Waals surface area contributed by atoms with Crippen LogP contribution < -0.4 is 5.32 Å². The lowest BCUT2D eigenvalue weighted by Gasteiger charge is -2.13. The number of methoxy groups -OCH3 is 1. The Morgan fingerprint density at radius 1 is 1.03 bits per heavy atom. The number of benzene rings is 2. The first-order chi connectivity index (χ1) is 17.8. The lowest BCUT2D eigenvalue weighted by molar-refractivity contribution is -0.127. The van der Waals surface area contributed by atoms with Gasteiger partial charge in [0.2, 0.25) is 0 Å². The van der Waals surface area contributed by atoms with Crippen molar-refractivity contribution in [1.82, 2.24) is 19.8 Å². The molecule has 1 atom stereocenters. The number of aromatic amines is 1. The molecule has 5 rings (SSSR count). The van der Waals surface area contributed by atoms with Gasteiger partial charge in [-0.2, -0.15) is 0 Å². The van der Waals surface area contributed by atoms with Crippen LogP contribution in [0.3, 0.4) is 0 Å². The van der Waals surface area contributed by atoms with E-state index in [2.05, 4.69) is 10.3 Å². The maximum atomic E-state index is 13.2. The quantitative estimate of drug-likeness (QED) is 0.229. The molecule has 0 spiro atoms. The van der Waals surface area contributed by atoms with Gasteiger partial charge in [-0.05, 0) is 55.8 Å². The highest BCUT2D eigenvalue weighted by Crippen LogP contribution is 2.24. The second-order valence-electron chi connectivity index (χ2n) is 9.07. The van der Waals surface area contributed by atoms with Crippen molar-refractivity contribution < 1.29 is 23.9 Å². The molecule has 0 bridgehead atoms. The Bertz CT molecular complexity index is 1550. The van der Waals surface area contributed by atoms with Crippen molar-refractivity contribution in [3.63, 3.8) is 0 Å². The number of H-pyrrole nitrogens is 1. The second-order valence-corrected chi connectivity index (χ2v) is 9.07. The Labute approximate surface area is 213 Å². The molecule has 3 heterocycles. The molecular weight excluding hydrogens is 472 g/mol. The first kappa shape index (κ1) is 24.1. The van der Waals surface area contributed by atoms with Crippen LogP contribution in [0.2, 0.25) is 0 Å². The third kappa shape index (κ3) is 4.29. The fourth-order valence-corrected chi connectivity index (χ4v) is 4.92. The minimum absolute atomic E-state index is 0.329. The Morgan fingerprint density at radius 2 is 1.76 bits per heavy atom. The number of aryl methyl sites for hydroxylation is 1. The van der Waals surface area contributed by atoms with Crippen LogP contribution in [0, 0.1) is 13.8 Å². The lowest BCUT2D eigenvalue weighted by Crippen LogP contribution is -2.36. The first-order valence-corrected chi connectivity index (χ1v) is 11.9. The van der Waals surface area contributed by atoms with Gasteiger partial charge in [0.15, 0.2) is 5.78 Å². The van der Waals surface area contributed by atoms with Gasteiger partial charge in [-0.1, -0.05) is 18.2 Å². The number of hydrogen-bond donors (Lipinski definition) is 2. The van der Waals surface area contributed by atoms with Crippen molar-refractivity contribution in [3.05, 3.63) is 88.9 Å². The summed E-state index contributed by atoms with van der Waals surface area (Å²) in [5.41, 5.74) is 4.98. The second kappa shape index (κ2) is 9.42. The summed E-state index contributed by atoms with van der Waals surface area (Å²) in [4.78, 5) is 54.8. The van der Waals surface area contributed by atoms with Crippen molar-refractivity contribution in [2.75, 3.05) is 13.7 Å². The minimum Gasteiger partial charge on any atom is -0.465 e. The number of aromatic nitrogens is 2. The molecule has 1 aliphatic rings. The molecule has 0 radical (unpaired) electrons. The molecule has 188 valence electrons. The van der Waals surface area contributed by atoms with E-state index in [1.54, 1.807) is 37.3 Å². The Kier molecular flexibility index (Phi) is 6.12. The molecule has 0 aliphatic carbocycles. The molecule has 0 saturated carbocycles. The number of carbonyl (C=O) groups is 4. The number of ketones is 1. The molecule has 2 aromatic carbocycles. The van der Waals surface area contributed by atoms with Gasteiger partial charge in [0.05, 0.1) is 19.2 Å². The number of carbonyl (C=O) groups excluding carboxylic acids is 4. The van der Waals surface area contributed by atoms with Gasteiger partial charge >= 0.3 is 12.0 Å². The lowest BCUT2D eigenvalue weighted by atomic mass is 10.0. The third-order valence-corrected chi connectivity index (χ3v) is 6.79. The number of rotatable bonds is 7. The summed E-state index contributed by atoms with van der Waals surface area (Å²) in [5.74, 6) is -1.18. The van der Waals surface area contributed by atoms with Crippen molar-refractivity contribution in [3.8, 4) is 5.69 Å². The van der Waals surface area contributed by atoms with Crippen LogP contribution in [0.15, 0.2) is 60.8 Å². The molecule has 9 nitrogen and oxygen atoms in total. The molecule has 1 fully saturated rings. The number of nitrogens with one attached hydrogen (secondary N) is 2. The standard InChI is InChI=1S/C28H26N4O5/c1-16-12-22(17(2)32(16)20-10-8-18(9-11-20)27(35)37-3)25(33)15-31-26(34)24(30-28(31)36)13-19-14-29-23-7-5-4-6-21(19)23/h4-12,14,24,29H,13,15H2,1-3H3,(H,30,36)/t24-/m1/s1. The molecular formula is C28H26N4O5. The monoisotopic (exact) mass is 498 g/mol. The summed E-state index contributed by atoms with van der Waals surface area (Å²) in [6.45, 7) is 3.32. The topological polar surface area (TPSA) is 114 Å². The number of para-hydroxylation sites is 1. The number of urea groups is 1. The highest BCUT2D eigenvalue weighted by atomic mass is 16.5. The molecule has 9 heteroatoms. The summed E-state index contributed by atoms with van der Waals surface area (Å²) < 4.78 is 6.63. The van der Waals surface area contributed by atoms with Crippen LogP contribution in [0.25, 0.3) is 16.6 Å². The normalized spacial score (nSPS) is 15.3. The molecule has 2 aromatic heterocycles. The average molecular weight is 499 g/mol. The predicted octanol–water partition coefficient (Wildman–Crippen LogP) is 3.71. The van der Waals surface area contributed by atoms with Crippen LogP contribution in [0.4, 0.5) is 4.79 Å². The van der Waals surface area contributed by atoms with Crippen LogP contribution in [-0.4, -0.2) is 57.8 Å². The molecule has 4 aromatic rings. The number of amides is 3. The maximum Gasteiger partial charge on any atom is 0.337 e. The van der Waals surface area contributed by atoms with E-state index in [4.69, 9.17) is 4.74 Å². The Hall–Kier alpha value is -4.66. The van der Waals surface area contributed by atoms with Crippen molar-refractivity contribution >= 4 is 34.6 Å². The van der Waals surface area contributed by atoms with Gasteiger partial charge in [0, 0.05) is 46.2 Å². The maximum absolute atomic E-state index is 13.2. The zero-order valence-electron chi connectivity index (χ0n) is 20.7. The molecule has 37 heavy (non-hydrogen) atoms. The van der Waals surface area contributed by atoms with Crippen LogP contribution in [0.1, 0.15) is 37.7 Å². The molecule has 1 aliphatic heterocycles. The van der Waals surface area contributed by atoms with E-state index in [0.29, 0.717) is 23.2 Å². The summed E-state index contributed by atoms with van der Waals surface area (Å²) in [6.07, 6.45) is 2.17. The number of hydrogen-bond acceptors (Lipinski definition) is 5. The highest BCUT2D eigenvalue weighted by Gasteiger charge is 2.39. The van der Waals surface area contributed by atoms with Crippen molar-refractivity contribution in [2.24, 2.45) is 0 Å². The summed E-state index contributed by atoms with van der Waals surface area (Å²) in [7, 11) is 1.32. The number of nitrogens with zero attached hydrogens (tertiary/aromatic N) is 2. The van der Waals surface area contributed by atoms with E-state index >= 15 is 0 Å². The first-order valence-electron chi connectivity index (χ1n) is 11.9. The van der Waals surface area contributed by atoms with Crippen LogP contribution in [-0.2, 0) is 16.0 Å². The third-order valence-electron chi connectivity index (χ3n) is 6.79. The largest absolute Gasteiger partial charge is 0.465 e. The van der Waals surface area contributed by atoms with Crippen LogP contribution in [0.5, 0.6) is 0 Å². The fraction of sp³-hybridized carbons (Fsp3) is 0.214.